The normalized spacial score (nSPS) is 20.3. The number of amides is 1. The van der Waals surface area contributed by atoms with E-state index in [0.29, 0.717) is 17.6 Å². The van der Waals surface area contributed by atoms with Crippen LogP contribution in [0.25, 0.3) is 0 Å². The zero-order chi connectivity index (χ0) is 11.4. The van der Waals surface area contributed by atoms with Crippen LogP contribution in [0, 0.1) is 0 Å². The Balaban J connectivity index is 1.99. The monoisotopic (exact) mass is 259 g/mol. The summed E-state index contributed by atoms with van der Waals surface area (Å²) >= 11 is 6.90. The summed E-state index contributed by atoms with van der Waals surface area (Å²) in [6.07, 6.45) is 4.12. The van der Waals surface area contributed by atoms with Crippen molar-refractivity contribution in [3.05, 3.63) is 11.1 Å². The topological polar surface area (TPSA) is 46.1 Å². The second-order valence-corrected chi connectivity index (χ2v) is 4.90. The summed E-state index contributed by atoms with van der Waals surface area (Å²) in [6.45, 7) is 0.837. The Morgan fingerprint density at radius 1 is 1.69 bits per heavy atom. The summed E-state index contributed by atoms with van der Waals surface area (Å²) in [5, 5.41) is 5.53. The molecule has 1 aliphatic heterocycles. The van der Waals surface area contributed by atoms with Crippen molar-refractivity contribution in [2.45, 2.75) is 31.7 Å². The summed E-state index contributed by atoms with van der Waals surface area (Å²) in [5.41, 5.74) is 0.475. The smallest absolute Gasteiger partial charge is 0.275 e. The van der Waals surface area contributed by atoms with E-state index in [1.807, 2.05) is 4.90 Å². The van der Waals surface area contributed by atoms with Crippen LogP contribution >= 0.6 is 23.1 Å². The van der Waals surface area contributed by atoms with E-state index in [2.05, 4.69) is 9.59 Å². The summed E-state index contributed by atoms with van der Waals surface area (Å²) in [5.74, 6) is 0.683. The summed E-state index contributed by atoms with van der Waals surface area (Å²) < 4.78 is 3.72. The van der Waals surface area contributed by atoms with Gasteiger partial charge in [-0.25, -0.2) is 0 Å². The molecule has 0 N–H and O–H groups in total. The van der Waals surface area contributed by atoms with E-state index < -0.39 is 0 Å². The molecule has 1 fully saturated rings. The molecule has 1 amide bonds. The van der Waals surface area contributed by atoms with E-state index in [1.165, 1.54) is 11.5 Å². The molecule has 2 heterocycles. The van der Waals surface area contributed by atoms with Crippen molar-refractivity contribution in [2.75, 3.05) is 12.4 Å². The molecule has 88 valence electrons. The third-order valence-corrected chi connectivity index (χ3v) is 3.66. The molecule has 1 unspecified atom stereocenters. The number of nitrogens with zero attached hydrogens (tertiary/aromatic N) is 3. The van der Waals surface area contributed by atoms with E-state index in [4.69, 9.17) is 11.6 Å². The highest BCUT2D eigenvalue weighted by Crippen LogP contribution is 2.23. The van der Waals surface area contributed by atoms with Gasteiger partial charge >= 0.3 is 0 Å². The maximum atomic E-state index is 12.1. The molecule has 0 bridgehead atoms. The van der Waals surface area contributed by atoms with Gasteiger partial charge in [-0.05, 0) is 37.2 Å². The second kappa shape index (κ2) is 5.59. The van der Waals surface area contributed by atoms with E-state index in [9.17, 15) is 4.79 Å². The number of halogens is 1. The molecule has 1 aromatic heterocycles. The largest absolute Gasteiger partial charge is 0.334 e. The fourth-order valence-electron chi connectivity index (χ4n) is 2.12. The quantitative estimate of drug-likeness (QED) is 0.779. The van der Waals surface area contributed by atoms with Crippen LogP contribution in [-0.4, -0.2) is 38.9 Å². The average Bonchev–Trinajstić information content (AvgIpc) is 2.96. The van der Waals surface area contributed by atoms with E-state index >= 15 is 0 Å². The number of alkyl halides is 1. The Bertz CT molecular complexity index is 344. The Morgan fingerprint density at radius 2 is 2.56 bits per heavy atom. The van der Waals surface area contributed by atoms with Gasteiger partial charge in [0.2, 0.25) is 0 Å². The average molecular weight is 260 g/mol. The molecule has 0 saturated carbocycles. The van der Waals surface area contributed by atoms with Crippen LogP contribution in [0.3, 0.4) is 0 Å². The van der Waals surface area contributed by atoms with Crippen molar-refractivity contribution in [1.29, 1.82) is 0 Å². The van der Waals surface area contributed by atoms with Crippen LogP contribution in [0.1, 0.15) is 36.2 Å². The molecule has 1 aliphatic rings. The summed E-state index contributed by atoms with van der Waals surface area (Å²) in [7, 11) is 0. The molecule has 0 radical (unpaired) electrons. The molecule has 1 saturated heterocycles. The van der Waals surface area contributed by atoms with E-state index in [1.54, 1.807) is 5.38 Å². The first-order chi connectivity index (χ1) is 7.83. The fourth-order valence-corrected chi connectivity index (χ4v) is 2.71. The zero-order valence-corrected chi connectivity index (χ0v) is 10.5. The van der Waals surface area contributed by atoms with Crippen molar-refractivity contribution in [2.24, 2.45) is 0 Å². The lowest BCUT2D eigenvalue weighted by atomic mass is 10.1. The first-order valence-electron chi connectivity index (χ1n) is 5.47. The van der Waals surface area contributed by atoms with Crippen LogP contribution in [0.4, 0.5) is 0 Å². The third kappa shape index (κ3) is 2.52. The number of hydrogen-bond donors (Lipinski definition) is 0. The van der Waals surface area contributed by atoms with Crippen molar-refractivity contribution >= 4 is 29.0 Å². The number of aromatic nitrogens is 2. The van der Waals surface area contributed by atoms with Gasteiger partial charge in [-0.2, -0.15) is 0 Å². The fraction of sp³-hybridized carbons (Fsp3) is 0.700. The molecule has 0 aromatic carbocycles. The highest BCUT2D eigenvalue weighted by atomic mass is 35.5. The Kier molecular flexibility index (Phi) is 4.12. The highest BCUT2D eigenvalue weighted by molar-refractivity contribution is 7.03. The molecule has 2 rings (SSSR count). The zero-order valence-electron chi connectivity index (χ0n) is 8.93. The van der Waals surface area contributed by atoms with Gasteiger partial charge in [-0.1, -0.05) is 4.49 Å². The predicted molar refractivity (Wildman–Crippen MR) is 63.9 cm³/mol. The van der Waals surface area contributed by atoms with Crippen molar-refractivity contribution in [3.63, 3.8) is 0 Å². The number of carbonyl (C=O) groups is 1. The maximum absolute atomic E-state index is 12.1. The molecular weight excluding hydrogens is 246 g/mol. The molecule has 0 spiro atoms. The number of carbonyl (C=O) groups excluding carboxylic acids is 1. The minimum Gasteiger partial charge on any atom is -0.334 e. The van der Waals surface area contributed by atoms with Gasteiger partial charge in [0.05, 0.1) is 0 Å². The third-order valence-electron chi connectivity index (χ3n) is 2.89. The molecule has 4 nitrogen and oxygen atoms in total. The van der Waals surface area contributed by atoms with Gasteiger partial charge in [0, 0.05) is 23.8 Å². The van der Waals surface area contributed by atoms with Crippen molar-refractivity contribution in [1.82, 2.24) is 14.5 Å². The molecule has 16 heavy (non-hydrogen) atoms. The Labute approximate surface area is 104 Å². The number of hydrogen-bond acceptors (Lipinski definition) is 4. The number of likely N-dealkylation sites (tertiary alicyclic amines) is 1. The van der Waals surface area contributed by atoms with Crippen molar-refractivity contribution < 1.29 is 4.79 Å². The molecule has 6 heteroatoms. The van der Waals surface area contributed by atoms with Gasteiger partial charge in [-0.15, -0.1) is 16.7 Å². The molecular formula is C10H14ClN3OS. The van der Waals surface area contributed by atoms with E-state index in [0.717, 1.165) is 32.2 Å². The van der Waals surface area contributed by atoms with Gasteiger partial charge in [-0.3, -0.25) is 4.79 Å². The number of rotatable bonds is 4. The predicted octanol–water partition coefficient (Wildman–Crippen LogP) is 2.16. The Hall–Kier alpha value is -0.680. The van der Waals surface area contributed by atoms with Gasteiger partial charge in [0.25, 0.3) is 5.91 Å². The standard InChI is InChI=1S/C10H14ClN3OS/c11-5-1-3-8-4-2-6-14(8)10(15)9-7-16-13-12-9/h7-8H,1-6H2. The lowest BCUT2D eigenvalue weighted by molar-refractivity contribution is 0.0724. The first kappa shape index (κ1) is 11.8. The van der Waals surface area contributed by atoms with Gasteiger partial charge in [0.15, 0.2) is 5.69 Å². The van der Waals surface area contributed by atoms with E-state index in [-0.39, 0.29) is 5.91 Å². The van der Waals surface area contributed by atoms with Crippen LogP contribution in [0.2, 0.25) is 0 Å². The molecule has 0 aliphatic carbocycles. The summed E-state index contributed by atoms with van der Waals surface area (Å²) in [6, 6.07) is 0.341. The Morgan fingerprint density at radius 3 is 3.25 bits per heavy atom. The minimum atomic E-state index is 0.0193. The highest BCUT2D eigenvalue weighted by Gasteiger charge is 2.29. The minimum absolute atomic E-state index is 0.0193. The molecule has 1 atom stereocenters. The summed E-state index contributed by atoms with van der Waals surface area (Å²) in [4.78, 5) is 14.0. The SMILES string of the molecule is O=C(c1csnn1)N1CCCC1CCCCl. The van der Waals surface area contributed by atoms with Crippen LogP contribution in [-0.2, 0) is 0 Å². The first-order valence-corrected chi connectivity index (χ1v) is 6.84. The van der Waals surface area contributed by atoms with Crippen LogP contribution in [0.5, 0.6) is 0 Å². The van der Waals surface area contributed by atoms with Gasteiger partial charge in [0.1, 0.15) is 0 Å². The lowest BCUT2D eigenvalue weighted by Crippen LogP contribution is -2.35. The van der Waals surface area contributed by atoms with Gasteiger partial charge < -0.3 is 4.90 Å². The van der Waals surface area contributed by atoms with Crippen LogP contribution in [0.15, 0.2) is 5.38 Å². The van der Waals surface area contributed by atoms with Crippen LogP contribution < -0.4 is 0 Å². The van der Waals surface area contributed by atoms with Crippen molar-refractivity contribution in [3.8, 4) is 0 Å². The lowest BCUT2D eigenvalue weighted by Gasteiger charge is -2.23. The molecule has 1 aromatic rings. The second-order valence-electron chi connectivity index (χ2n) is 3.92. The maximum Gasteiger partial charge on any atom is 0.275 e.